The van der Waals surface area contributed by atoms with Crippen LogP contribution in [-0.2, 0) is 11.4 Å². The molecule has 0 spiro atoms. The highest BCUT2D eigenvalue weighted by atomic mass is 16.5. The molecule has 2 aromatic carbocycles. The van der Waals surface area contributed by atoms with Gasteiger partial charge in [0.15, 0.2) is 0 Å². The summed E-state index contributed by atoms with van der Waals surface area (Å²) in [4.78, 5) is 27.4. The number of nitrogens with zero attached hydrogens (tertiary/aromatic N) is 1. The Hall–Kier alpha value is -3.54. The minimum Gasteiger partial charge on any atom is -0.489 e. The van der Waals surface area contributed by atoms with Crippen molar-refractivity contribution in [3.8, 4) is 5.75 Å². The first-order valence-corrected chi connectivity index (χ1v) is 11.7. The van der Waals surface area contributed by atoms with Crippen molar-refractivity contribution in [3.05, 3.63) is 88.6 Å². The SMILES string of the molecule is O=C1NC2=C(C(=O)N(CCC3=CCCCC3)C2)[C@H](c2ccc(OCc3ccccc3)cc2)N1. The van der Waals surface area contributed by atoms with Gasteiger partial charge in [-0.2, -0.15) is 0 Å². The van der Waals surface area contributed by atoms with Crippen molar-refractivity contribution >= 4 is 11.9 Å². The average Bonchev–Trinajstić information content (AvgIpc) is 3.17. The van der Waals surface area contributed by atoms with Crippen molar-refractivity contribution in [1.82, 2.24) is 15.5 Å². The van der Waals surface area contributed by atoms with Gasteiger partial charge in [-0.25, -0.2) is 4.79 Å². The number of benzene rings is 2. The maximum atomic E-state index is 13.3. The summed E-state index contributed by atoms with van der Waals surface area (Å²) in [6, 6.07) is 16.9. The molecule has 2 N–H and O–H groups in total. The van der Waals surface area contributed by atoms with Crippen LogP contribution in [-0.4, -0.2) is 29.9 Å². The molecule has 0 bridgehead atoms. The Morgan fingerprint density at radius 1 is 1.00 bits per heavy atom. The molecule has 0 aromatic heterocycles. The fraction of sp³-hybridized carbons (Fsp3) is 0.333. The molecule has 6 nitrogen and oxygen atoms in total. The monoisotopic (exact) mass is 443 g/mol. The summed E-state index contributed by atoms with van der Waals surface area (Å²) >= 11 is 0. The molecule has 0 saturated heterocycles. The van der Waals surface area contributed by atoms with E-state index in [0.717, 1.165) is 41.8 Å². The highest BCUT2D eigenvalue weighted by molar-refractivity contribution is 6.01. The second-order valence-electron chi connectivity index (χ2n) is 8.85. The summed E-state index contributed by atoms with van der Waals surface area (Å²) in [5, 5.41) is 5.78. The number of carbonyl (C=O) groups excluding carboxylic acids is 2. The van der Waals surface area contributed by atoms with Crippen molar-refractivity contribution in [2.45, 2.75) is 44.8 Å². The Morgan fingerprint density at radius 3 is 2.58 bits per heavy atom. The van der Waals surface area contributed by atoms with E-state index in [0.29, 0.717) is 25.3 Å². The fourth-order valence-corrected chi connectivity index (χ4v) is 4.77. The largest absolute Gasteiger partial charge is 0.489 e. The molecular weight excluding hydrogens is 414 g/mol. The Labute approximate surface area is 194 Å². The van der Waals surface area contributed by atoms with E-state index in [-0.39, 0.29) is 11.9 Å². The molecule has 0 saturated carbocycles. The van der Waals surface area contributed by atoms with Crippen LogP contribution in [0, 0.1) is 0 Å². The van der Waals surface area contributed by atoms with Gasteiger partial charge in [0.2, 0.25) is 0 Å². The van der Waals surface area contributed by atoms with Crippen LogP contribution in [0.4, 0.5) is 4.79 Å². The number of allylic oxidation sites excluding steroid dienone is 1. The second-order valence-corrected chi connectivity index (χ2v) is 8.85. The maximum Gasteiger partial charge on any atom is 0.319 e. The molecule has 1 aliphatic carbocycles. The van der Waals surface area contributed by atoms with E-state index in [1.165, 1.54) is 18.4 Å². The summed E-state index contributed by atoms with van der Waals surface area (Å²) in [6.07, 6.45) is 8.01. The van der Waals surface area contributed by atoms with Crippen LogP contribution in [0.1, 0.15) is 49.3 Å². The quantitative estimate of drug-likeness (QED) is 0.614. The molecule has 3 aliphatic rings. The van der Waals surface area contributed by atoms with E-state index in [9.17, 15) is 9.59 Å². The molecule has 0 radical (unpaired) electrons. The van der Waals surface area contributed by atoms with Gasteiger partial charge in [0.25, 0.3) is 5.91 Å². The van der Waals surface area contributed by atoms with Gasteiger partial charge in [-0.1, -0.05) is 54.1 Å². The predicted octanol–water partition coefficient (Wildman–Crippen LogP) is 4.61. The Balaban J connectivity index is 1.26. The van der Waals surface area contributed by atoms with Crippen LogP contribution >= 0.6 is 0 Å². The van der Waals surface area contributed by atoms with E-state index in [1.807, 2.05) is 59.5 Å². The van der Waals surface area contributed by atoms with Gasteiger partial charge in [0, 0.05) is 6.54 Å². The predicted molar refractivity (Wildman–Crippen MR) is 126 cm³/mol. The van der Waals surface area contributed by atoms with Crippen molar-refractivity contribution in [1.29, 1.82) is 0 Å². The molecule has 0 unspecified atom stereocenters. The standard InChI is InChI=1S/C27H29N3O3/c31-26-24-23(17-30(26)16-15-19-7-3-1-4-8-19)28-27(32)29-25(24)21-11-13-22(14-12-21)33-18-20-9-5-2-6-10-20/h2,5-7,9-14,25H,1,3-4,8,15-18H2,(H2,28,29,32)/t25-/m0/s1. The van der Waals surface area contributed by atoms with Gasteiger partial charge in [0.1, 0.15) is 12.4 Å². The lowest BCUT2D eigenvalue weighted by Crippen LogP contribution is -2.44. The van der Waals surface area contributed by atoms with Gasteiger partial charge in [0.05, 0.1) is 23.9 Å². The van der Waals surface area contributed by atoms with Crippen molar-refractivity contribution in [2.75, 3.05) is 13.1 Å². The molecule has 2 heterocycles. The van der Waals surface area contributed by atoms with Crippen LogP contribution in [0.5, 0.6) is 5.75 Å². The molecule has 0 fully saturated rings. The van der Waals surface area contributed by atoms with Gasteiger partial charge in [-0.05, 0) is 55.4 Å². The lowest BCUT2D eigenvalue weighted by molar-refractivity contribution is -0.125. The number of urea groups is 1. The Morgan fingerprint density at radius 2 is 1.82 bits per heavy atom. The van der Waals surface area contributed by atoms with Crippen LogP contribution in [0.25, 0.3) is 0 Å². The van der Waals surface area contributed by atoms with E-state index >= 15 is 0 Å². The summed E-state index contributed by atoms with van der Waals surface area (Å²) in [6.45, 7) is 1.64. The number of amides is 3. The van der Waals surface area contributed by atoms with E-state index in [1.54, 1.807) is 0 Å². The molecule has 2 aromatic rings. The second kappa shape index (κ2) is 9.53. The summed E-state index contributed by atoms with van der Waals surface area (Å²) in [7, 11) is 0. The first-order chi connectivity index (χ1) is 16.2. The molecule has 33 heavy (non-hydrogen) atoms. The van der Waals surface area contributed by atoms with Crippen LogP contribution in [0.2, 0.25) is 0 Å². The normalized spacial score (nSPS) is 20.2. The first kappa shape index (κ1) is 21.3. The number of nitrogens with one attached hydrogen (secondary N) is 2. The number of carbonyl (C=O) groups is 2. The highest BCUT2D eigenvalue weighted by Crippen LogP contribution is 2.33. The molecule has 6 heteroatoms. The van der Waals surface area contributed by atoms with Crippen LogP contribution in [0.3, 0.4) is 0 Å². The molecule has 3 amide bonds. The van der Waals surface area contributed by atoms with E-state index in [4.69, 9.17) is 4.74 Å². The smallest absolute Gasteiger partial charge is 0.319 e. The topological polar surface area (TPSA) is 70.7 Å². The highest BCUT2D eigenvalue weighted by Gasteiger charge is 2.40. The van der Waals surface area contributed by atoms with Crippen molar-refractivity contribution in [3.63, 3.8) is 0 Å². The zero-order chi connectivity index (χ0) is 22.6. The summed E-state index contributed by atoms with van der Waals surface area (Å²) in [5.41, 5.74) is 4.78. The van der Waals surface area contributed by atoms with Gasteiger partial charge < -0.3 is 20.3 Å². The van der Waals surface area contributed by atoms with Crippen LogP contribution < -0.4 is 15.4 Å². The van der Waals surface area contributed by atoms with E-state index in [2.05, 4.69) is 16.7 Å². The molecular formula is C27H29N3O3. The number of rotatable bonds is 7. The van der Waals surface area contributed by atoms with Crippen molar-refractivity contribution < 1.29 is 14.3 Å². The van der Waals surface area contributed by atoms with Gasteiger partial charge in [-0.3, -0.25) is 4.79 Å². The maximum absolute atomic E-state index is 13.3. The van der Waals surface area contributed by atoms with Gasteiger partial charge >= 0.3 is 6.03 Å². The Kier molecular flexibility index (Phi) is 6.15. The van der Waals surface area contributed by atoms with Crippen molar-refractivity contribution in [2.24, 2.45) is 0 Å². The lowest BCUT2D eigenvalue weighted by atomic mass is 9.96. The van der Waals surface area contributed by atoms with E-state index < -0.39 is 6.04 Å². The third-order valence-electron chi connectivity index (χ3n) is 6.57. The molecule has 170 valence electrons. The van der Waals surface area contributed by atoms with Gasteiger partial charge in [-0.15, -0.1) is 0 Å². The molecule has 1 atom stereocenters. The number of hydrogen-bond acceptors (Lipinski definition) is 3. The first-order valence-electron chi connectivity index (χ1n) is 11.7. The minimum absolute atomic E-state index is 0.00307. The number of ether oxygens (including phenoxy) is 1. The molecule has 5 rings (SSSR count). The Bertz CT molecular complexity index is 1090. The summed E-state index contributed by atoms with van der Waals surface area (Å²) < 4.78 is 5.88. The number of hydrogen-bond donors (Lipinski definition) is 2. The average molecular weight is 444 g/mol. The fourth-order valence-electron chi connectivity index (χ4n) is 4.77. The third kappa shape index (κ3) is 4.80. The lowest BCUT2D eigenvalue weighted by Gasteiger charge is -2.25. The minimum atomic E-state index is -0.455. The summed E-state index contributed by atoms with van der Waals surface area (Å²) in [5.74, 6) is 0.750. The van der Waals surface area contributed by atoms with Crippen LogP contribution in [0.15, 0.2) is 77.5 Å². The molecule has 2 aliphatic heterocycles. The third-order valence-corrected chi connectivity index (χ3v) is 6.57. The zero-order valence-electron chi connectivity index (χ0n) is 18.7. The zero-order valence-corrected chi connectivity index (χ0v) is 18.7.